The van der Waals surface area contributed by atoms with Crippen LogP contribution in [0.25, 0.3) is 0 Å². The fraction of sp³-hybridized carbons (Fsp3) is 0.562. The highest BCUT2D eigenvalue weighted by Crippen LogP contribution is 2.41. The van der Waals surface area contributed by atoms with Crippen LogP contribution in [0.5, 0.6) is 0 Å². The van der Waals surface area contributed by atoms with Gasteiger partial charge >= 0.3 is 6.03 Å². The summed E-state index contributed by atoms with van der Waals surface area (Å²) in [5.74, 6) is 0.353. The highest BCUT2D eigenvalue weighted by Gasteiger charge is 2.40. The molecule has 1 aromatic rings. The van der Waals surface area contributed by atoms with E-state index in [-0.39, 0.29) is 18.1 Å². The first-order chi connectivity index (χ1) is 10.1. The molecule has 0 bridgehead atoms. The molecule has 0 aliphatic heterocycles. The van der Waals surface area contributed by atoms with E-state index < -0.39 is 6.10 Å². The monoisotopic (exact) mass is 308 g/mol. The number of nitrogens with one attached hydrogen (secondary N) is 2. The van der Waals surface area contributed by atoms with Gasteiger partial charge in [-0.1, -0.05) is 36.6 Å². The molecule has 2 fully saturated rings. The molecule has 0 spiro atoms. The summed E-state index contributed by atoms with van der Waals surface area (Å²) in [7, 11) is 0. The Kier molecular flexibility index (Phi) is 4.36. The summed E-state index contributed by atoms with van der Waals surface area (Å²) in [6.07, 6.45) is 4.28. The normalized spacial score (nSPS) is 31.5. The molecule has 0 aromatic heterocycles. The summed E-state index contributed by atoms with van der Waals surface area (Å²) in [5.41, 5.74) is 1.17. The minimum atomic E-state index is -0.410. The number of halogens is 1. The van der Waals surface area contributed by atoms with Gasteiger partial charge in [0.25, 0.3) is 0 Å². The quantitative estimate of drug-likeness (QED) is 0.804. The van der Waals surface area contributed by atoms with Gasteiger partial charge in [-0.2, -0.15) is 0 Å². The van der Waals surface area contributed by atoms with Crippen molar-refractivity contribution in [3.8, 4) is 0 Å². The predicted molar refractivity (Wildman–Crippen MR) is 82.5 cm³/mol. The lowest BCUT2D eigenvalue weighted by molar-refractivity contribution is 0.0943. The first kappa shape index (κ1) is 14.7. The number of carbonyl (C=O) groups excluding carboxylic acids is 1. The zero-order valence-electron chi connectivity index (χ0n) is 11.9. The average molecular weight is 309 g/mol. The van der Waals surface area contributed by atoms with E-state index in [4.69, 9.17) is 11.6 Å². The summed E-state index contributed by atoms with van der Waals surface area (Å²) in [6, 6.07) is 7.68. The van der Waals surface area contributed by atoms with Crippen molar-refractivity contribution in [3.05, 3.63) is 34.9 Å². The molecular formula is C16H21ClN2O2. The third-order valence-electron chi connectivity index (χ3n) is 4.43. The molecule has 21 heavy (non-hydrogen) atoms. The van der Waals surface area contributed by atoms with Crippen molar-refractivity contribution < 1.29 is 9.90 Å². The van der Waals surface area contributed by atoms with Crippen LogP contribution in [0.15, 0.2) is 24.3 Å². The van der Waals surface area contributed by atoms with Crippen LogP contribution in [0.4, 0.5) is 4.79 Å². The zero-order valence-corrected chi connectivity index (χ0v) is 12.6. The van der Waals surface area contributed by atoms with Gasteiger partial charge in [0.05, 0.1) is 12.1 Å². The Balaban J connectivity index is 1.48. The summed E-state index contributed by atoms with van der Waals surface area (Å²) in [5, 5.41) is 16.5. The molecule has 2 amide bonds. The lowest BCUT2D eigenvalue weighted by atomic mass is 9.93. The molecule has 3 N–H and O–H groups in total. The smallest absolute Gasteiger partial charge is 0.315 e. The Hall–Kier alpha value is -1.26. The average Bonchev–Trinajstić information content (AvgIpc) is 3.20. The first-order valence-electron chi connectivity index (χ1n) is 7.64. The molecule has 2 aliphatic carbocycles. The summed E-state index contributed by atoms with van der Waals surface area (Å²) in [6.45, 7) is 0. The molecule has 3 rings (SSSR count). The third-order valence-corrected chi connectivity index (χ3v) is 4.66. The Morgan fingerprint density at radius 3 is 2.71 bits per heavy atom. The van der Waals surface area contributed by atoms with E-state index in [1.165, 1.54) is 5.56 Å². The number of amides is 2. The van der Waals surface area contributed by atoms with E-state index in [0.717, 1.165) is 37.1 Å². The van der Waals surface area contributed by atoms with E-state index in [2.05, 4.69) is 10.6 Å². The van der Waals surface area contributed by atoms with Crippen LogP contribution in [0, 0.1) is 0 Å². The molecule has 5 heteroatoms. The predicted octanol–water partition coefficient (Wildman–Crippen LogP) is 2.80. The molecule has 2 aliphatic rings. The van der Waals surface area contributed by atoms with Gasteiger partial charge in [0.2, 0.25) is 0 Å². The Bertz CT molecular complexity index is 523. The maximum absolute atomic E-state index is 12.0. The molecule has 4 unspecified atom stereocenters. The summed E-state index contributed by atoms with van der Waals surface area (Å²) >= 11 is 5.99. The highest BCUT2D eigenvalue weighted by molar-refractivity contribution is 6.30. The van der Waals surface area contributed by atoms with Crippen molar-refractivity contribution in [1.82, 2.24) is 10.6 Å². The second-order valence-corrected chi connectivity index (χ2v) is 6.52. The van der Waals surface area contributed by atoms with E-state index in [1.54, 1.807) is 0 Å². The van der Waals surface area contributed by atoms with Crippen molar-refractivity contribution in [1.29, 1.82) is 0 Å². The van der Waals surface area contributed by atoms with Crippen LogP contribution in [-0.4, -0.2) is 29.3 Å². The molecule has 0 heterocycles. The summed E-state index contributed by atoms with van der Waals surface area (Å²) < 4.78 is 0. The second kappa shape index (κ2) is 6.24. The fourth-order valence-corrected chi connectivity index (χ4v) is 3.32. The number of rotatable bonds is 3. The summed E-state index contributed by atoms with van der Waals surface area (Å²) in [4.78, 5) is 12.0. The van der Waals surface area contributed by atoms with Gasteiger partial charge in [-0.15, -0.1) is 0 Å². The van der Waals surface area contributed by atoms with Crippen molar-refractivity contribution in [2.24, 2.45) is 0 Å². The van der Waals surface area contributed by atoms with Gasteiger partial charge < -0.3 is 15.7 Å². The van der Waals surface area contributed by atoms with Gasteiger partial charge in [-0.25, -0.2) is 4.79 Å². The number of hydrogen-bond donors (Lipinski definition) is 3. The second-order valence-electron chi connectivity index (χ2n) is 6.08. The SMILES string of the molecule is O=C(NC1CCCCC1O)NC1CC1c1cccc(Cl)c1. The van der Waals surface area contributed by atoms with Gasteiger partial charge in [-0.3, -0.25) is 0 Å². The highest BCUT2D eigenvalue weighted by atomic mass is 35.5. The van der Waals surface area contributed by atoms with E-state index in [9.17, 15) is 9.90 Å². The number of urea groups is 1. The first-order valence-corrected chi connectivity index (χ1v) is 8.02. The molecule has 2 saturated carbocycles. The van der Waals surface area contributed by atoms with Crippen LogP contribution in [0.2, 0.25) is 5.02 Å². The maximum Gasteiger partial charge on any atom is 0.315 e. The van der Waals surface area contributed by atoms with Crippen LogP contribution in [0.1, 0.15) is 43.6 Å². The van der Waals surface area contributed by atoms with Gasteiger partial charge in [0.1, 0.15) is 0 Å². The van der Waals surface area contributed by atoms with Gasteiger partial charge in [0.15, 0.2) is 0 Å². The van der Waals surface area contributed by atoms with Crippen molar-refractivity contribution in [3.63, 3.8) is 0 Å². The number of benzene rings is 1. The molecular weight excluding hydrogens is 288 g/mol. The van der Waals surface area contributed by atoms with Crippen LogP contribution in [0.3, 0.4) is 0 Å². The van der Waals surface area contributed by atoms with Crippen molar-refractivity contribution >= 4 is 17.6 Å². The fourth-order valence-electron chi connectivity index (χ4n) is 3.12. The van der Waals surface area contributed by atoms with E-state index >= 15 is 0 Å². The lowest BCUT2D eigenvalue weighted by Crippen LogP contribution is -2.49. The molecule has 4 atom stereocenters. The van der Waals surface area contributed by atoms with Crippen molar-refractivity contribution in [2.45, 2.75) is 56.2 Å². The molecule has 114 valence electrons. The van der Waals surface area contributed by atoms with Gasteiger partial charge in [-0.05, 0) is 37.0 Å². The Labute approximate surface area is 129 Å². The van der Waals surface area contributed by atoms with E-state index in [1.807, 2.05) is 24.3 Å². The molecule has 1 aromatic carbocycles. The minimum Gasteiger partial charge on any atom is -0.391 e. The molecule has 4 nitrogen and oxygen atoms in total. The number of aliphatic hydroxyl groups is 1. The Morgan fingerprint density at radius 2 is 1.95 bits per heavy atom. The zero-order chi connectivity index (χ0) is 14.8. The number of hydrogen-bond acceptors (Lipinski definition) is 2. The maximum atomic E-state index is 12.0. The number of aliphatic hydroxyl groups excluding tert-OH is 1. The molecule has 0 saturated heterocycles. The van der Waals surface area contributed by atoms with Crippen LogP contribution < -0.4 is 10.6 Å². The van der Waals surface area contributed by atoms with Crippen LogP contribution in [-0.2, 0) is 0 Å². The molecule has 0 radical (unpaired) electrons. The largest absolute Gasteiger partial charge is 0.391 e. The Morgan fingerprint density at radius 1 is 1.19 bits per heavy atom. The van der Waals surface area contributed by atoms with Gasteiger partial charge in [0, 0.05) is 17.0 Å². The third kappa shape index (κ3) is 3.69. The minimum absolute atomic E-state index is 0.109. The standard InChI is InChI=1S/C16H21ClN2O2/c17-11-5-3-4-10(8-11)12-9-14(12)19-16(21)18-13-6-1-2-7-15(13)20/h3-5,8,12-15,20H,1-2,6-7,9H2,(H2,18,19,21). The number of carbonyl (C=O) groups is 1. The topological polar surface area (TPSA) is 61.4 Å². The lowest BCUT2D eigenvalue weighted by Gasteiger charge is -2.28. The van der Waals surface area contributed by atoms with Crippen LogP contribution >= 0.6 is 11.6 Å². The van der Waals surface area contributed by atoms with Crippen molar-refractivity contribution in [2.75, 3.05) is 0 Å². The van der Waals surface area contributed by atoms with E-state index in [0.29, 0.717) is 5.92 Å².